The minimum atomic E-state index is -0.203. The van der Waals surface area contributed by atoms with Crippen LogP contribution in [-0.2, 0) is 4.79 Å². The number of hydrogen-bond acceptors (Lipinski definition) is 3. The fraction of sp³-hybridized carbons (Fsp3) is 0.444. The number of nitrogens with zero attached hydrogens (tertiary/aromatic N) is 1. The second-order valence-corrected chi connectivity index (χ2v) is 4.13. The Balaban J connectivity index is 2.19. The molecule has 3 nitrogen and oxygen atoms in total. The third-order valence-corrected chi connectivity index (χ3v) is 3.28. The van der Waals surface area contributed by atoms with Crippen LogP contribution in [0.1, 0.15) is 12.8 Å². The average Bonchev–Trinajstić information content (AvgIpc) is 2.74. The van der Waals surface area contributed by atoms with Crippen LogP contribution in [0.15, 0.2) is 17.5 Å². The summed E-state index contributed by atoms with van der Waals surface area (Å²) in [5.74, 6) is -0.203. The molecular formula is C9H12N2OS. The highest BCUT2D eigenvalue weighted by Crippen LogP contribution is 2.29. The molecule has 1 fully saturated rings. The van der Waals surface area contributed by atoms with E-state index in [9.17, 15) is 4.79 Å². The first kappa shape index (κ1) is 8.56. The van der Waals surface area contributed by atoms with E-state index in [1.807, 2.05) is 17.5 Å². The molecule has 1 aliphatic heterocycles. The number of nitrogens with two attached hydrogens (primary N) is 1. The lowest BCUT2D eigenvalue weighted by Crippen LogP contribution is -2.39. The number of carbonyl (C=O) groups is 1. The lowest BCUT2D eigenvalue weighted by atomic mass is 10.2. The van der Waals surface area contributed by atoms with Gasteiger partial charge >= 0.3 is 0 Å². The summed E-state index contributed by atoms with van der Waals surface area (Å²) in [5, 5.41) is 3.17. The Labute approximate surface area is 81.2 Å². The fourth-order valence-corrected chi connectivity index (χ4v) is 2.57. The van der Waals surface area contributed by atoms with Crippen LogP contribution in [0.5, 0.6) is 0 Å². The predicted octanol–water partition coefficient (Wildman–Crippen LogP) is 1.20. The van der Waals surface area contributed by atoms with Crippen LogP contribution in [0.25, 0.3) is 0 Å². The van der Waals surface area contributed by atoms with Crippen molar-refractivity contribution in [2.24, 2.45) is 5.73 Å². The molecule has 1 atom stereocenters. The van der Waals surface area contributed by atoms with E-state index < -0.39 is 0 Å². The van der Waals surface area contributed by atoms with E-state index in [-0.39, 0.29) is 11.9 Å². The van der Waals surface area contributed by atoms with Crippen molar-refractivity contribution in [1.29, 1.82) is 0 Å². The Kier molecular flexibility index (Phi) is 2.22. The van der Waals surface area contributed by atoms with Gasteiger partial charge in [-0.3, -0.25) is 4.79 Å². The average molecular weight is 196 g/mol. The van der Waals surface area contributed by atoms with E-state index >= 15 is 0 Å². The second kappa shape index (κ2) is 3.38. The summed E-state index contributed by atoms with van der Waals surface area (Å²) >= 11 is 1.66. The number of carbonyl (C=O) groups excluding carboxylic acids is 1. The maximum Gasteiger partial charge on any atom is 0.240 e. The molecule has 2 heterocycles. The molecule has 0 unspecified atom stereocenters. The molecule has 1 aromatic heterocycles. The Hall–Kier alpha value is -1.03. The molecule has 1 amide bonds. The topological polar surface area (TPSA) is 46.3 Å². The molecule has 1 aromatic rings. The largest absolute Gasteiger partial charge is 0.368 e. The fourth-order valence-electron chi connectivity index (χ4n) is 1.76. The highest BCUT2D eigenvalue weighted by Gasteiger charge is 2.29. The number of thiophene rings is 1. The number of primary amides is 1. The van der Waals surface area contributed by atoms with Crippen LogP contribution in [0.4, 0.5) is 5.00 Å². The molecule has 2 N–H and O–H groups in total. The molecule has 70 valence electrons. The van der Waals surface area contributed by atoms with Gasteiger partial charge in [0.1, 0.15) is 6.04 Å². The number of rotatable bonds is 2. The van der Waals surface area contributed by atoms with Crippen molar-refractivity contribution < 1.29 is 4.79 Å². The zero-order chi connectivity index (χ0) is 9.26. The van der Waals surface area contributed by atoms with E-state index in [1.54, 1.807) is 11.3 Å². The quantitative estimate of drug-likeness (QED) is 0.772. The van der Waals surface area contributed by atoms with Crippen LogP contribution in [0.3, 0.4) is 0 Å². The van der Waals surface area contributed by atoms with Gasteiger partial charge < -0.3 is 10.6 Å². The van der Waals surface area contributed by atoms with E-state index in [1.165, 1.54) is 0 Å². The molecule has 1 saturated heterocycles. The SMILES string of the molecule is NC(=O)[C@H]1CCCN1c1cccs1. The molecule has 0 aromatic carbocycles. The van der Waals surface area contributed by atoms with Crippen molar-refractivity contribution in [2.45, 2.75) is 18.9 Å². The van der Waals surface area contributed by atoms with Gasteiger partial charge in [0.2, 0.25) is 5.91 Å². The predicted molar refractivity (Wildman–Crippen MR) is 53.9 cm³/mol. The number of anilines is 1. The van der Waals surface area contributed by atoms with Crippen LogP contribution in [0, 0.1) is 0 Å². The first-order valence-electron chi connectivity index (χ1n) is 4.38. The lowest BCUT2D eigenvalue weighted by molar-refractivity contribution is -0.119. The summed E-state index contributed by atoms with van der Waals surface area (Å²) < 4.78 is 0. The van der Waals surface area contributed by atoms with Crippen LogP contribution >= 0.6 is 11.3 Å². The van der Waals surface area contributed by atoms with Gasteiger partial charge in [-0.2, -0.15) is 0 Å². The highest BCUT2D eigenvalue weighted by atomic mass is 32.1. The van der Waals surface area contributed by atoms with Gasteiger partial charge in [-0.05, 0) is 30.4 Å². The van der Waals surface area contributed by atoms with E-state index in [0.29, 0.717) is 0 Å². The van der Waals surface area contributed by atoms with Crippen molar-refractivity contribution in [2.75, 3.05) is 11.4 Å². The van der Waals surface area contributed by atoms with E-state index in [2.05, 4.69) is 4.90 Å². The highest BCUT2D eigenvalue weighted by molar-refractivity contribution is 7.14. The van der Waals surface area contributed by atoms with Crippen LogP contribution in [0.2, 0.25) is 0 Å². The zero-order valence-electron chi connectivity index (χ0n) is 7.27. The third kappa shape index (κ3) is 1.54. The van der Waals surface area contributed by atoms with Crippen LogP contribution in [-0.4, -0.2) is 18.5 Å². The summed E-state index contributed by atoms with van der Waals surface area (Å²) in [7, 11) is 0. The molecule has 2 rings (SSSR count). The second-order valence-electron chi connectivity index (χ2n) is 3.21. The molecule has 0 bridgehead atoms. The van der Waals surface area contributed by atoms with Gasteiger partial charge in [-0.15, -0.1) is 11.3 Å². The van der Waals surface area contributed by atoms with Gasteiger partial charge in [0.05, 0.1) is 5.00 Å². The smallest absolute Gasteiger partial charge is 0.240 e. The van der Waals surface area contributed by atoms with Gasteiger partial charge in [-0.25, -0.2) is 0 Å². The van der Waals surface area contributed by atoms with Gasteiger partial charge in [0.15, 0.2) is 0 Å². The summed E-state index contributed by atoms with van der Waals surface area (Å²) in [4.78, 5) is 13.2. The first-order chi connectivity index (χ1) is 6.29. The summed E-state index contributed by atoms with van der Waals surface area (Å²) in [5.41, 5.74) is 5.32. The van der Waals surface area contributed by atoms with Crippen molar-refractivity contribution >= 4 is 22.2 Å². The summed E-state index contributed by atoms with van der Waals surface area (Å²) in [6, 6.07) is 3.95. The van der Waals surface area contributed by atoms with Crippen molar-refractivity contribution in [1.82, 2.24) is 0 Å². The van der Waals surface area contributed by atoms with Crippen molar-refractivity contribution in [3.8, 4) is 0 Å². The minimum absolute atomic E-state index is 0.0846. The van der Waals surface area contributed by atoms with Gasteiger partial charge in [0, 0.05) is 6.54 Å². The Morgan fingerprint density at radius 3 is 3.15 bits per heavy atom. The van der Waals surface area contributed by atoms with Crippen LogP contribution < -0.4 is 10.6 Å². The van der Waals surface area contributed by atoms with Gasteiger partial charge in [-0.1, -0.05) is 0 Å². The summed E-state index contributed by atoms with van der Waals surface area (Å²) in [6.45, 7) is 0.952. The molecule has 0 aliphatic carbocycles. The number of amides is 1. The van der Waals surface area contributed by atoms with Gasteiger partial charge in [0.25, 0.3) is 0 Å². The Morgan fingerprint density at radius 1 is 1.69 bits per heavy atom. The lowest BCUT2D eigenvalue weighted by Gasteiger charge is -2.21. The molecular weight excluding hydrogens is 184 g/mol. The molecule has 4 heteroatoms. The minimum Gasteiger partial charge on any atom is -0.368 e. The molecule has 1 aliphatic rings. The Morgan fingerprint density at radius 2 is 2.54 bits per heavy atom. The van der Waals surface area contributed by atoms with Crippen molar-refractivity contribution in [3.63, 3.8) is 0 Å². The molecule has 13 heavy (non-hydrogen) atoms. The van der Waals surface area contributed by atoms with E-state index in [0.717, 1.165) is 24.4 Å². The molecule has 0 saturated carbocycles. The monoisotopic (exact) mass is 196 g/mol. The molecule has 0 radical (unpaired) electrons. The maximum atomic E-state index is 11.1. The number of hydrogen-bond donors (Lipinski definition) is 1. The third-order valence-electron chi connectivity index (χ3n) is 2.37. The standard InChI is InChI=1S/C9H12N2OS/c10-9(12)7-3-1-5-11(7)8-4-2-6-13-8/h2,4,6-7H,1,3,5H2,(H2,10,12)/t7-/m1/s1. The Bertz CT molecular complexity index is 297. The van der Waals surface area contributed by atoms with Crippen molar-refractivity contribution in [3.05, 3.63) is 17.5 Å². The normalized spacial score (nSPS) is 22.2. The first-order valence-corrected chi connectivity index (χ1v) is 5.26. The summed E-state index contributed by atoms with van der Waals surface area (Å²) in [6.07, 6.45) is 1.96. The maximum absolute atomic E-state index is 11.1. The van der Waals surface area contributed by atoms with E-state index in [4.69, 9.17) is 5.73 Å². The zero-order valence-corrected chi connectivity index (χ0v) is 8.09. The molecule has 0 spiro atoms.